The highest BCUT2D eigenvalue weighted by molar-refractivity contribution is 7.99. The van der Waals surface area contributed by atoms with Crippen molar-refractivity contribution >= 4 is 11.8 Å². The monoisotopic (exact) mass is 299 g/mol. The molecule has 1 heterocycles. The molecule has 1 N–H and O–H groups in total. The smallest absolute Gasteiger partial charge is 0.389 e. The van der Waals surface area contributed by atoms with Crippen molar-refractivity contribution in [3.63, 3.8) is 0 Å². The van der Waals surface area contributed by atoms with Gasteiger partial charge < -0.3 is 5.11 Å². The lowest BCUT2D eigenvalue weighted by atomic mass is 10.1. The minimum atomic E-state index is -4.38. The molecule has 0 radical (unpaired) electrons. The lowest BCUT2D eigenvalue weighted by Crippen LogP contribution is -2.05. The SMILES string of the molecule is C[C@H](O)c1ccccc1Sc1ccc(C(F)(F)F)cn1. The normalized spacial score (nSPS) is 13.2. The number of aliphatic hydroxyl groups excluding tert-OH is 1. The van der Waals surface area contributed by atoms with E-state index in [0.717, 1.165) is 22.7 Å². The first-order valence-electron chi connectivity index (χ1n) is 5.86. The van der Waals surface area contributed by atoms with Crippen LogP contribution in [0.1, 0.15) is 24.2 Å². The number of halogens is 3. The Balaban J connectivity index is 2.23. The molecule has 0 fully saturated rings. The quantitative estimate of drug-likeness (QED) is 0.917. The number of aromatic nitrogens is 1. The van der Waals surface area contributed by atoms with Crippen molar-refractivity contribution in [2.24, 2.45) is 0 Å². The number of alkyl halides is 3. The highest BCUT2D eigenvalue weighted by atomic mass is 32.2. The summed E-state index contributed by atoms with van der Waals surface area (Å²) in [6.45, 7) is 1.64. The predicted molar refractivity (Wildman–Crippen MR) is 70.4 cm³/mol. The van der Waals surface area contributed by atoms with Crippen molar-refractivity contribution in [1.82, 2.24) is 4.98 Å². The number of pyridine rings is 1. The zero-order valence-corrected chi connectivity index (χ0v) is 11.4. The van der Waals surface area contributed by atoms with E-state index < -0.39 is 17.8 Å². The van der Waals surface area contributed by atoms with Crippen LogP contribution in [0.5, 0.6) is 0 Å². The van der Waals surface area contributed by atoms with Gasteiger partial charge in [-0.05, 0) is 30.7 Å². The maximum Gasteiger partial charge on any atom is 0.417 e. The van der Waals surface area contributed by atoms with Gasteiger partial charge >= 0.3 is 6.18 Å². The van der Waals surface area contributed by atoms with Gasteiger partial charge in [0.2, 0.25) is 0 Å². The molecule has 1 aromatic carbocycles. The number of hydrogen-bond donors (Lipinski definition) is 1. The first-order valence-corrected chi connectivity index (χ1v) is 6.67. The number of benzene rings is 1. The third-order valence-corrected chi connectivity index (χ3v) is 3.69. The molecular weight excluding hydrogens is 287 g/mol. The van der Waals surface area contributed by atoms with Crippen molar-refractivity contribution in [3.8, 4) is 0 Å². The molecule has 1 aromatic heterocycles. The molecular formula is C14H12F3NOS. The van der Waals surface area contributed by atoms with Crippen molar-refractivity contribution in [1.29, 1.82) is 0 Å². The number of hydrogen-bond acceptors (Lipinski definition) is 3. The first kappa shape index (κ1) is 14.9. The third kappa shape index (κ3) is 3.52. The highest BCUT2D eigenvalue weighted by Crippen LogP contribution is 2.34. The molecule has 0 aliphatic carbocycles. The molecule has 0 aliphatic heterocycles. The van der Waals surface area contributed by atoms with Crippen LogP contribution in [0.3, 0.4) is 0 Å². The molecule has 20 heavy (non-hydrogen) atoms. The predicted octanol–water partition coefficient (Wildman–Crippen LogP) is 4.30. The average Bonchev–Trinajstić information content (AvgIpc) is 2.38. The Morgan fingerprint density at radius 2 is 1.85 bits per heavy atom. The van der Waals surface area contributed by atoms with Gasteiger partial charge in [0, 0.05) is 11.1 Å². The van der Waals surface area contributed by atoms with E-state index in [-0.39, 0.29) is 0 Å². The Kier molecular flexibility index (Phi) is 4.35. The first-order chi connectivity index (χ1) is 9.38. The van der Waals surface area contributed by atoms with E-state index in [0.29, 0.717) is 5.03 Å². The van der Waals surface area contributed by atoms with E-state index in [1.54, 1.807) is 31.2 Å². The van der Waals surface area contributed by atoms with Crippen LogP contribution in [0.4, 0.5) is 13.2 Å². The van der Waals surface area contributed by atoms with Crippen LogP contribution in [-0.2, 0) is 6.18 Å². The number of nitrogens with zero attached hydrogens (tertiary/aromatic N) is 1. The van der Waals surface area contributed by atoms with E-state index in [1.807, 2.05) is 0 Å². The molecule has 2 aromatic rings. The molecule has 0 unspecified atom stereocenters. The molecule has 0 saturated heterocycles. The summed E-state index contributed by atoms with van der Waals surface area (Å²) in [6, 6.07) is 9.50. The Hall–Kier alpha value is -1.53. The number of rotatable bonds is 3. The second-order valence-electron chi connectivity index (χ2n) is 4.20. The standard InChI is InChI=1S/C14H12F3NOS/c1-9(19)11-4-2-3-5-12(11)20-13-7-6-10(8-18-13)14(15,16)17/h2-9,19H,1H3/t9-/m0/s1. The van der Waals surface area contributed by atoms with E-state index in [4.69, 9.17) is 0 Å². The van der Waals surface area contributed by atoms with Gasteiger partial charge in [-0.2, -0.15) is 13.2 Å². The van der Waals surface area contributed by atoms with Gasteiger partial charge in [-0.15, -0.1) is 0 Å². The zero-order chi connectivity index (χ0) is 14.8. The summed E-state index contributed by atoms with van der Waals surface area (Å²) in [5.41, 5.74) is -0.0511. The van der Waals surface area contributed by atoms with Crippen LogP contribution >= 0.6 is 11.8 Å². The van der Waals surface area contributed by atoms with Gasteiger partial charge in [0.15, 0.2) is 0 Å². The molecule has 2 rings (SSSR count). The molecule has 0 saturated carbocycles. The van der Waals surface area contributed by atoms with Crippen molar-refractivity contribution < 1.29 is 18.3 Å². The Bertz CT molecular complexity index is 582. The Morgan fingerprint density at radius 3 is 2.40 bits per heavy atom. The van der Waals surface area contributed by atoms with Crippen LogP contribution in [0.25, 0.3) is 0 Å². The van der Waals surface area contributed by atoms with Crippen molar-refractivity contribution in [2.75, 3.05) is 0 Å². The molecule has 6 heteroatoms. The van der Waals surface area contributed by atoms with E-state index in [1.165, 1.54) is 17.8 Å². The Morgan fingerprint density at radius 1 is 1.15 bits per heavy atom. The zero-order valence-electron chi connectivity index (χ0n) is 10.6. The molecule has 2 nitrogen and oxygen atoms in total. The second-order valence-corrected chi connectivity index (χ2v) is 5.26. The van der Waals surface area contributed by atoms with Crippen LogP contribution in [-0.4, -0.2) is 10.1 Å². The van der Waals surface area contributed by atoms with E-state index in [9.17, 15) is 18.3 Å². The molecule has 0 spiro atoms. The minimum absolute atomic E-state index is 0.450. The topological polar surface area (TPSA) is 33.1 Å². The van der Waals surface area contributed by atoms with Crippen LogP contribution in [0.2, 0.25) is 0 Å². The van der Waals surface area contributed by atoms with Gasteiger partial charge in [-0.3, -0.25) is 0 Å². The molecule has 0 aliphatic rings. The van der Waals surface area contributed by atoms with E-state index >= 15 is 0 Å². The fourth-order valence-corrected chi connectivity index (χ4v) is 2.61. The molecule has 106 valence electrons. The summed E-state index contributed by atoms with van der Waals surface area (Å²) in [5.74, 6) is 0. The minimum Gasteiger partial charge on any atom is -0.389 e. The lowest BCUT2D eigenvalue weighted by Gasteiger charge is -2.11. The van der Waals surface area contributed by atoms with Crippen LogP contribution in [0, 0.1) is 0 Å². The van der Waals surface area contributed by atoms with Crippen LogP contribution in [0.15, 0.2) is 52.5 Å². The Labute approximate surface area is 118 Å². The largest absolute Gasteiger partial charge is 0.417 e. The summed E-state index contributed by atoms with van der Waals surface area (Å²) >= 11 is 1.22. The maximum absolute atomic E-state index is 12.4. The fourth-order valence-electron chi connectivity index (χ4n) is 1.64. The summed E-state index contributed by atoms with van der Waals surface area (Å²) in [5, 5.41) is 10.1. The van der Waals surface area contributed by atoms with Gasteiger partial charge in [0.05, 0.1) is 11.7 Å². The van der Waals surface area contributed by atoms with Gasteiger partial charge in [-0.25, -0.2) is 4.98 Å². The highest BCUT2D eigenvalue weighted by Gasteiger charge is 2.30. The van der Waals surface area contributed by atoms with Crippen molar-refractivity contribution in [3.05, 3.63) is 53.7 Å². The fraction of sp³-hybridized carbons (Fsp3) is 0.214. The van der Waals surface area contributed by atoms with Gasteiger partial charge in [0.1, 0.15) is 5.03 Å². The molecule has 0 amide bonds. The molecule has 1 atom stereocenters. The second kappa shape index (κ2) is 5.85. The van der Waals surface area contributed by atoms with E-state index in [2.05, 4.69) is 4.98 Å². The summed E-state index contributed by atoms with van der Waals surface area (Å²) in [4.78, 5) is 4.58. The van der Waals surface area contributed by atoms with Crippen molar-refractivity contribution in [2.45, 2.75) is 29.1 Å². The maximum atomic E-state index is 12.4. The third-order valence-electron chi connectivity index (χ3n) is 2.65. The summed E-state index contributed by atoms with van der Waals surface area (Å²) in [6.07, 6.45) is -4.21. The lowest BCUT2D eigenvalue weighted by molar-refractivity contribution is -0.137. The molecule has 0 bridgehead atoms. The summed E-state index contributed by atoms with van der Waals surface area (Å²) < 4.78 is 37.3. The van der Waals surface area contributed by atoms with Crippen LogP contribution < -0.4 is 0 Å². The number of aliphatic hydroxyl groups is 1. The summed E-state index contributed by atoms with van der Waals surface area (Å²) in [7, 11) is 0. The average molecular weight is 299 g/mol. The van der Waals surface area contributed by atoms with Gasteiger partial charge in [0.25, 0.3) is 0 Å². The van der Waals surface area contributed by atoms with Gasteiger partial charge in [-0.1, -0.05) is 30.0 Å².